The zero-order chi connectivity index (χ0) is 9.61. The van der Waals surface area contributed by atoms with Crippen LogP contribution in [0.4, 0.5) is 0 Å². The second-order valence-corrected chi connectivity index (χ2v) is 2.65. The van der Waals surface area contributed by atoms with Crippen LogP contribution >= 0.6 is 0 Å². The van der Waals surface area contributed by atoms with Crippen LogP contribution in [0, 0.1) is 0 Å². The fourth-order valence-electron chi connectivity index (χ4n) is 0.700. The molecule has 0 fully saturated rings. The van der Waals surface area contributed by atoms with Gasteiger partial charge >= 0.3 is 5.97 Å². The van der Waals surface area contributed by atoms with Crippen LogP contribution in [0.25, 0.3) is 0 Å². The maximum atomic E-state index is 10.5. The number of carbonyl (C=O) groups is 1. The molecule has 1 atom stereocenters. The van der Waals surface area contributed by atoms with Crippen LogP contribution in [-0.4, -0.2) is 28.6 Å². The van der Waals surface area contributed by atoms with Crippen LogP contribution in [0.5, 0.6) is 0 Å². The largest absolute Gasteiger partial charge is 0.477 e. The zero-order valence-corrected chi connectivity index (χ0v) is 7.54. The van der Waals surface area contributed by atoms with Crippen LogP contribution in [-0.2, 0) is 9.53 Å². The van der Waals surface area contributed by atoms with E-state index < -0.39 is 11.8 Å². The Labute approximate surface area is 72.2 Å². The second-order valence-electron chi connectivity index (χ2n) is 2.65. The zero-order valence-electron chi connectivity index (χ0n) is 7.54. The Hall–Kier alpha value is -0.610. The highest BCUT2D eigenvalue weighted by molar-refractivity contribution is 5.75. The summed E-state index contributed by atoms with van der Waals surface area (Å²) in [6.45, 7) is 3.82. The predicted octanol–water partition coefficient (Wildman–Crippen LogP) is 0.986. The normalized spacial score (nSPS) is 15.6. The van der Waals surface area contributed by atoms with Gasteiger partial charge in [-0.1, -0.05) is 20.3 Å². The molecule has 0 radical (unpaired) electrons. The van der Waals surface area contributed by atoms with Crippen LogP contribution in [0.15, 0.2) is 0 Å². The first-order valence-corrected chi connectivity index (χ1v) is 4.16. The minimum absolute atomic E-state index is 0.0616. The van der Waals surface area contributed by atoms with Gasteiger partial charge in [0.2, 0.25) is 0 Å². The van der Waals surface area contributed by atoms with Gasteiger partial charge in [0.25, 0.3) is 5.79 Å². The van der Waals surface area contributed by atoms with Crippen molar-refractivity contribution in [1.29, 1.82) is 0 Å². The molecule has 72 valence electrons. The Balaban J connectivity index is 3.88. The van der Waals surface area contributed by atoms with Crippen molar-refractivity contribution in [1.82, 2.24) is 0 Å². The summed E-state index contributed by atoms with van der Waals surface area (Å²) in [6, 6.07) is 0. The van der Waals surface area contributed by atoms with E-state index in [1.54, 1.807) is 6.92 Å². The molecule has 0 aromatic heterocycles. The molecule has 1 unspecified atom stereocenters. The van der Waals surface area contributed by atoms with E-state index in [1.165, 1.54) is 0 Å². The van der Waals surface area contributed by atoms with Gasteiger partial charge in [0.1, 0.15) is 0 Å². The summed E-state index contributed by atoms with van der Waals surface area (Å²) in [7, 11) is 0. The molecule has 0 aliphatic rings. The van der Waals surface area contributed by atoms with Gasteiger partial charge in [0.15, 0.2) is 0 Å². The molecule has 0 heterocycles. The van der Waals surface area contributed by atoms with Crippen molar-refractivity contribution >= 4 is 5.97 Å². The summed E-state index contributed by atoms with van der Waals surface area (Å²) in [5.74, 6) is -3.31. The van der Waals surface area contributed by atoms with Crippen molar-refractivity contribution in [2.24, 2.45) is 0 Å². The highest BCUT2D eigenvalue weighted by Crippen LogP contribution is 2.12. The van der Waals surface area contributed by atoms with Crippen molar-refractivity contribution < 1.29 is 19.7 Å². The number of hydrogen-bond donors (Lipinski definition) is 2. The molecule has 0 rings (SSSR count). The molecular formula is C8H16O4. The predicted molar refractivity (Wildman–Crippen MR) is 43.7 cm³/mol. The Kier molecular flexibility index (Phi) is 4.85. The van der Waals surface area contributed by atoms with Crippen molar-refractivity contribution in [3.63, 3.8) is 0 Å². The van der Waals surface area contributed by atoms with Crippen molar-refractivity contribution in [2.45, 2.75) is 38.9 Å². The number of aliphatic carboxylic acids is 1. The van der Waals surface area contributed by atoms with Gasteiger partial charge in [0, 0.05) is 6.42 Å². The number of aliphatic hydroxyl groups is 1. The molecule has 0 saturated heterocycles. The van der Waals surface area contributed by atoms with E-state index >= 15 is 0 Å². The average molecular weight is 176 g/mol. The van der Waals surface area contributed by atoms with Crippen molar-refractivity contribution in [3.8, 4) is 0 Å². The highest BCUT2D eigenvalue weighted by Gasteiger charge is 2.34. The van der Waals surface area contributed by atoms with E-state index in [0.29, 0.717) is 0 Å². The number of ether oxygens (including phenoxy) is 1. The monoisotopic (exact) mass is 176 g/mol. The van der Waals surface area contributed by atoms with Gasteiger partial charge in [0.05, 0.1) is 6.61 Å². The quantitative estimate of drug-likeness (QED) is 0.467. The Bertz CT molecular complexity index is 146. The van der Waals surface area contributed by atoms with Crippen LogP contribution in [0.1, 0.15) is 33.1 Å². The van der Waals surface area contributed by atoms with Crippen molar-refractivity contribution in [2.75, 3.05) is 6.61 Å². The lowest BCUT2D eigenvalue weighted by atomic mass is 10.2. The number of rotatable bonds is 6. The molecule has 2 N–H and O–H groups in total. The summed E-state index contributed by atoms with van der Waals surface area (Å²) in [5.41, 5.74) is 0. The summed E-state index contributed by atoms with van der Waals surface area (Å²) in [5, 5.41) is 17.9. The number of carboxylic acids is 1. The fraction of sp³-hybridized carbons (Fsp3) is 0.875. The van der Waals surface area contributed by atoms with E-state index in [0.717, 1.165) is 12.8 Å². The minimum atomic E-state index is -1.99. The molecule has 0 spiro atoms. The van der Waals surface area contributed by atoms with E-state index in [-0.39, 0.29) is 13.0 Å². The molecular weight excluding hydrogens is 160 g/mol. The van der Waals surface area contributed by atoms with Gasteiger partial charge in [-0.25, -0.2) is 4.79 Å². The number of unbranched alkanes of at least 4 members (excludes halogenated alkanes) is 1. The SMILES string of the molecule is CCCCOC(O)(CC)C(=O)O. The fourth-order valence-corrected chi connectivity index (χ4v) is 0.700. The first-order valence-electron chi connectivity index (χ1n) is 4.16. The Morgan fingerprint density at radius 2 is 2.08 bits per heavy atom. The number of carboxylic acid groups (broad SMARTS) is 1. The van der Waals surface area contributed by atoms with E-state index in [9.17, 15) is 9.90 Å². The molecule has 0 aliphatic heterocycles. The third-order valence-electron chi connectivity index (χ3n) is 1.65. The van der Waals surface area contributed by atoms with Crippen LogP contribution < -0.4 is 0 Å². The first kappa shape index (κ1) is 11.4. The Morgan fingerprint density at radius 3 is 2.42 bits per heavy atom. The van der Waals surface area contributed by atoms with Gasteiger partial charge in [-0.3, -0.25) is 0 Å². The van der Waals surface area contributed by atoms with E-state index in [4.69, 9.17) is 9.84 Å². The van der Waals surface area contributed by atoms with Crippen LogP contribution in [0.3, 0.4) is 0 Å². The lowest BCUT2D eigenvalue weighted by Crippen LogP contribution is -2.41. The summed E-state index contributed by atoms with van der Waals surface area (Å²) in [4.78, 5) is 10.5. The first-order chi connectivity index (χ1) is 5.56. The highest BCUT2D eigenvalue weighted by atomic mass is 16.6. The standard InChI is InChI=1S/C8H16O4/c1-3-5-6-12-8(11,4-2)7(9)10/h11H,3-6H2,1-2H3,(H,9,10). The molecule has 0 aliphatic carbocycles. The smallest absolute Gasteiger partial charge is 0.364 e. The Morgan fingerprint density at radius 1 is 1.50 bits per heavy atom. The van der Waals surface area contributed by atoms with Gasteiger partial charge in [-0.15, -0.1) is 0 Å². The molecule has 0 aromatic carbocycles. The maximum absolute atomic E-state index is 10.5. The third kappa shape index (κ3) is 3.19. The molecule has 4 heteroatoms. The van der Waals surface area contributed by atoms with Gasteiger partial charge in [-0.2, -0.15) is 0 Å². The maximum Gasteiger partial charge on any atom is 0.364 e. The van der Waals surface area contributed by atoms with Gasteiger partial charge < -0.3 is 14.9 Å². The summed E-state index contributed by atoms with van der Waals surface area (Å²) in [6.07, 6.45) is 1.74. The molecule has 4 nitrogen and oxygen atoms in total. The average Bonchev–Trinajstić information content (AvgIpc) is 2.04. The molecule has 0 amide bonds. The summed E-state index contributed by atoms with van der Waals surface area (Å²) < 4.78 is 4.84. The summed E-state index contributed by atoms with van der Waals surface area (Å²) >= 11 is 0. The lowest BCUT2D eigenvalue weighted by Gasteiger charge is -2.21. The molecule has 0 aromatic rings. The van der Waals surface area contributed by atoms with Gasteiger partial charge in [-0.05, 0) is 6.42 Å². The molecule has 12 heavy (non-hydrogen) atoms. The van der Waals surface area contributed by atoms with E-state index in [1.807, 2.05) is 6.92 Å². The topological polar surface area (TPSA) is 66.8 Å². The number of hydrogen-bond acceptors (Lipinski definition) is 3. The lowest BCUT2D eigenvalue weighted by molar-refractivity contribution is -0.224. The minimum Gasteiger partial charge on any atom is -0.477 e. The van der Waals surface area contributed by atoms with Crippen molar-refractivity contribution in [3.05, 3.63) is 0 Å². The van der Waals surface area contributed by atoms with E-state index in [2.05, 4.69) is 0 Å². The van der Waals surface area contributed by atoms with Crippen LogP contribution in [0.2, 0.25) is 0 Å². The molecule has 0 saturated carbocycles. The third-order valence-corrected chi connectivity index (χ3v) is 1.65. The second kappa shape index (κ2) is 5.11. The molecule has 0 bridgehead atoms.